The van der Waals surface area contributed by atoms with E-state index in [2.05, 4.69) is 29.1 Å². The van der Waals surface area contributed by atoms with Gasteiger partial charge in [0.15, 0.2) is 5.82 Å². The number of hydrogen-bond acceptors (Lipinski definition) is 9. The standard InChI is InChI=1S/C24H30N5O9P.C8H18O/c30-22(26-18(7-13-39(34,35)36)23(31)28-8-10-29(11-9-28)24(32)33)19-14-20(38-17-6-12-37-15-17)27-21(25-19)16-4-2-1-3-5-16;1-3-5-7-9-8-6-4-2/h1-5,14,17-18H,6-13,15H2,(H,26,30)(H,32,33)(H2,34,35,36);3-8H2,1-2H3/t17-,18-;/m0./s1. The van der Waals surface area contributed by atoms with E-state index in [1.807, 2.05) is 6.07 Å². The highest BCUT2D eigenvalue weighted by atomic mass is 31.2. The summed E-state index contributed by atoms with van der Waals surface area (Å²) in [6, 6.07) is 9.00. The van der Waals surface area contributed by atoms with Crippen molar-refractivity contribution in [3.63, 3.8) is 0 Å². The van der Waals surface area contributed by atoms with Gasteiger partial charge in [-0.05, 0) is 19.3 Å². The number of amides is 3. The van der Waals surface area contributed by atoms with Crippen molar-refractivity contribution in [2.24, 2.45) is 0 Å². The number of unbranched alkanes of at least 4 members (excludes halogenated alkanes) is 2. The zero-order chi connectivity index (χ0) is 34.9. The molecule has 2 fully saturated rings. The number of benzene rings is 1. The third-order valence-corrected chi connectivity index (χ3v) is 8.44. The summed E-state index contributed by atoms with van der Waals surface area (Å²) in [6.07, 6.45) is 3.25. The number of carbonyl (C=O) groups is 3. The smallest absolute Gasteiger partial charge is 0.407 e. The summed E-state index contributed by atoms with van der Waals surface area (Å²) < 4.78 is 28.1. The van der Waals surface area contributed by atoms with Crippen LogP contribution in [0.15, 0.2) is 36.4 Å². The van der Waals surface area contributed by atoms with Crippen molar-refractivity contribution in [3.05, 3.63) is 42.1 Å². The van der Waals surface area contributed by atoms with Crippen molar-refractivity contribution in [1.29, 1.82) is 0 Å². The molecule has 0 unspecified atom stereocenters. The lowest BCUT2D eigenvalue weighted by Crippen LogP contribution is -2.56. The molecule has 3 heterocycles. The normalized spacial score (nSPS) is 16.9. The molecule has 2 saturated heterocycles. The summed E-state index contributed by atoms with van der Waals surface area (Å²) in [6.45, 7) is 7.52. The van der Waals surface area contributed by atoms with Crippen LogP contribution in [0.5, 0.6) is 5.88 Å². The third kappa shape index (κ3) is 13.5. The molecule has 2 aliphatic heterocycles. The van der Waals surface area contributed by atoms with E-state index in [1.165, 1.54) is 36.6 Å². The number of rotatable bonds is 15. The maximum atomic E-state index is 13.3. The number of nitrogens with one attached hydrogen (secondary N) is 1. The Morgan fingerprint density at radius 2 is 1.67 bits per heavy atom. The zero-order valence-electron chi connectivity index (χ0n) is 27.7. The minimum atomic E-state index is -4.48. The largest absolute Gasteiger partial charge is 0.472 e. The number of carboxylic acid groups (broad SMARTS) is 1. The van der Waals surface area contributed by atoms with E-state index in [0.717, 1.165) is 18.1 Å². The molecule has 48 heavy (non-hydrogen) atoms. The van der Waals surface area contributed by atoms with Crippen LogP contribution in [0.4, 0.5) is 4.79 Å². The topological polar surface area (TPSA) is 201 Å². The maximum absolute atomic E-state index is 13.3. The molecule has 4 N–H and O–H groups in total. The van der Waals surface area contributed by atoms with Crippen LogP contribution in [0.25, 0.3) is 11.4 Å². The second kappa shape index (κ2) is 20.0. The molecule has 0 spiro atoms. The number of nitrogens with zero attached hydrogens (tertiary/aromatic N) is 4. The molecular formula is C32H48N5O10P. The first-order chi connectivity index (χ1) is 23.0. The summed E-state index contributed by atoms with van der Waals surface area (Å²) in [7, 11) is -4.48. The van der Waals surface area contributed by atoms with Crippen LogP contribution in [0.2, 0.25) is 0 Å². The molecule has 1 aromatic heterocycles. The molecule has 4 rings (SSSR count). The number of hydrogen-bond donors (Lipinski definition) is 4. The average Bonchev–Trinajstić information content (AvgIpc) is 3.59. The van der Waals surface area contributed by atoms with E-state index < -0.39 is 37.7 Å². The fourth-order valence-corrected chi connectivity index (χ4v) is 5.41. The molecule has 266 valence electrons. The summed E-state index contributed by atoms with van der Waals surface area (Å²) >= 11 is 0. The van der Waals surface area contributed by atoms with Gasteiger partial charge in [-0.3, -0.25) is 14.2 Å². The highest BCUT2D eigenvalue weighted by Crippen LogP contribution is 2.35. The number of aromatic nitrogens is 2. The second-order valence-electron chi connectivity index (χ2n) is 11.5. The molecule has 3 amide bonds. The summed E-state index contributed by atoms with van der Waals surface area (Å²) in [5.41, 5.74) is 0.535. The SMILES string of the molecule is CCCCOCCCC.O=C(N[C@@H](CCP(=O)(O)O)C(=O)N1CCN(C(=O)O)CC1)c1cc(O[C@H]2CCOC2)nc(-c2ccccc2)n1. The highest BCUT2D eigenvalue weighted by molar-refractivity contribution is 7.51. The zero-order valence-corrected chi connectivity index (χ0v) is 28.6. The fraction of sp³-hybridized carbons (Fsp3) is 0.594. The molecule has 0 bridgehead atoms. The number of piperazine rings is 1. The van der Waals surface area contributed by atoms with Gasteiger partial charge >= 0.3 is 13.7 Å². The van der Waals surface area contributed by atoms with Crippen LogP contribution < -0.4 is 10.1 Å². The summed E-state index contributed by atoms with van der Waals surface area (Å²) in [5, 5.41) is 11.7. The van der Waals surface area contributed by atoms with Crippen LogP contribution in [-0.2, 0) is 18.8 Å². The summed E-state index contributed by atoms with van der Waals surface area (Å²) in [5.74, 6) is -0.957. The molecule has 0 saturated carbocycles. The van der Waals surface area contributed by atoms with Crippen molar-refractivity contribution in [2.75, 3.05) is 58.8 Å². The van der Waals surface area contributed by atoms with Crippen LogP contribution >= 0.6 is 7.60 Å². The molecule has 16 heteroatoms. The van der Waals surface area contributed by atoms with E-state index in [4.69, 9.17) is 19.3 Å². The fourth-order valence-electron chi connectivity index (χ4n) is 4.81. The van der Waals surface area contributed by atoms with Crippen LogP contribution in [0.3, 0.4) is 0 Å². The van der Waals surface area contributed by atoms with Crippen molar-refractivity contribution in [1.82, 2.24) is 25.1 Å². The van der Waals surface area contributed by atoms with E-state index in [1.54, 1.807) is 24.3 Å². The van der Waals surface area contributed by atoms with E-state index >= 15 is 0 Å². The predicted molar refractivity (Wildman–Crippen MR) is 177 cm³/mol. The first-order valence-corrected chi connectivity index (χ1v) is 18.2. The van der Waals surface area contributed by atoms with Crippen molar-refractivity contribution < 1.29 is 48.1 Å². The molecule has 1 aromatic carbocycles. The van der Waals surface area contributed by atoms with Gasteiger partial charge < -0.3 is 44.2 Å². The van der Waals surface area contributed by atoms with Gasteiger partial charge in [0.1, 0.15) is 17.8 Å². The molecule has 2 aromatic rings. The van der Waals surface area contributed by atoms with Gasteiger partial charge in [0.25, 0.3) is 5.91 Å². The van der Waals surface area contributed by atoms with E-state index in [-0.39, 0.29) is 56.1 Å². The van der Waals surface area contributed by atoms with Crippen molar-refractivity contribution in [3.8, 4) is 17.3 Å². The maximum Gasteiger partial charge on any atom is 0.407 e. The Labute approximate surface area is 281 Å². The average molecular weight is 694 g/mol. The Hall–Kier alpha value is -3.62. The molecule has 15 nitrogen and oxygen atoms in total. The monoisotopic (exact) mass is 693 g/mol. The van der Waals surface area contributed by atoms with Crippen molar-refractivity contribution in [2.45, 2.75) is 64.5 Å². The molecule has 0 radical (unpaired) electrons. The highest BCUT2D eigenvalue weighted by Gasteiger charge is 2.32. The Kier molecular flexibility index (Phi) is 16.2. The lowest BCUT2D eigenvalue weighted by atomic mass is 10.1. The van der Waals surface area contributed by atoms with Crippen LogP contribution in [0, 0.1) is 0 Å². The van der Waals surface area contributed by atoms with Crippen molar-refractivity contribution >= 4 is 25.5 Å². The van der Waals surface area contributed by atoms with Gasteiger partial charge in [0, 0.05) is 57.4 Å². The Morgan fingerprint density at radius 1 is 1.02 bits per heavy atom. The van der Waals surface area contributed by atoms with Crippen LogP contribution in [-0.4, -0.2) is 123 Å². The summed E-state index contributed by atoms with van der Waals surface area (Å²) in [4.78, 5) is 67.9. The molecule has 0 aliphatic carbocycles. The third-order valence-electron chi connectivity index (χ3n) is 7.60. The van der Waals surface area contributed by atoms with Gasteiger partial charge in [-0.1, -0.05) is 57.0 Å². The van der Waals surface area contributed by atoms with Gasteiger partial charge in [-0.15, -0.1) is 0 Å². The van der Waals surface area contributed by atoms with Crippen LogP contribution in [0.1, 0.15) is 62.9 Å². The van der Waals surface area contributed by atoms with Gasteiger partial charge in [-0.25, -0.2) is 9.78 Å². The molecule has 2 atom stereocenters. The second-order valence-corrected chi connectivity index (χ2v) is 13.3. The number of ether oxygens (including phenoxy) is 3. The minimum Gasteiger partial charge on any atom is -0.472 e. The Morgan fingerprint density at radius 3 is 2.23 bits per heavy atom. The van der Waals surface area contributed by atoms with E-state index in [0.29, 0.717) is 25.2 Å². The lowest BCUT2D eigenvalue weighted by molar-refractivity contribution is -0.134. The Balaban J connectivity index is 0.000000609. The van der Waals surface area contributed by atoms with E-state index in [9.17, 15) is 28.7 Å². The Bertz CT molecular complexity index is 1340. The minimum absolute atomic E-state index is 0.0815. The van der Waals surface area contributed by atoms with Gasteiger partial charge in [-0.2, -0.15) is 4.98 Å². The molecular weight excluding hydrogens is 645 g/mol. The predicted octanol–water partition coefficient (Wildman–Crippen LogP) is 3.40. The first-order valence-electron chi connectivity index (χ1n) is 16.4. The van der Waals surface area contributed by atoms with Gasteiger partial charge in [0.05, 0.1) is 19.4 Å². The number of carbonyl (C=O) groups excluding carboxylic acids is 2. The quantitative estimate of drug-likeness (QED) is 0.157. The van der Waals surface area contributed by atoms with Gasteiger partial charge in [0.2, 0.25) is 11.8 Å². The lowest BCUT2D eigenvalue weighted by Gasteiger charge is -2.35. The first kappa shape index (κ1) is 38.8. The molecule has 2 aliphatic rings.